The molecule has 2 aromatic carbocycles. The average molecular weight is 299 g/mol. The van der Waals surface area contributed by atoms with Crippen molar-refractivity contribution in [3.05, 3.63) is 65.7 Å². The van der Waals surface area contributed by atoms with E-state index in [0.29, 0.717) is 6.54 Å². The van der Waals surface area contributed by atoms with Crippen LogP contribution in [0.1, 0.15) is 24.5 Å². The number of aliphatic hydroxyl groups is 1. The van der Waals surface area contributed by atoms with E-state index in [0.717, 1.165) is 30.8 Å². The molecule has 0 saturated heterocycles. The zero-order valence-electron chi connectivity index (χ0n) is 13.4. The lowest BCUT2D eigenvalue weighted by atomic mass is 10.1. The number of hydrogen-bond acceptors (Lipinski definition) is 3. The Labute approximate surface area is 133 Å². The van der Waals surface area contributed by atoms with Crippen molar-refractivity contribution in [3.63, 3.8) is 0 Å². The molecule has 0 aliphatic rings. The van der Waals surface area contributed by atoms with Gasteiger partial charge in [-0.25, -0.2) is 0 Å². The highest BCUT2D eigenvalue weighted by Gasteiger charge is 2.13. The number of ether oxygens (including phenoxy) is 1. The van der Waals surface area contributed by atoms with Crippen molar-refractivity contribution in [2.45, 2.75) is 32.5 Å². The summed E-state index contributed by atoms with van der Waals surface area (Å²) in [5.41, 5.74) is 2.39. The van der Waals surface area contributed by atoms with Gasteiger partial charge in [0.05, 0.1) is 13.2 Å². The quantitative estimate of drug-likeness (QED) is 0.810. The van der Waals surface area contributed by atoms with Crippen LogP contribution in [0.15, 0.2) is 54.6 Å². The normalized spacial score (nSPS) is 12.4. The third-order valence-electron chi connectivity index (χ3n) is 3.78. The van der Waals surface area contributed by atoms with E-state index in [4.69, 9.17) is 4.74 Å². The van der Waals surface area contributed by atoms with Gasteiger partial charge in [-0.3, -0.25) is 4.90 Å². The van der Waals surface area contributed by atoms with Gasteiger partial charge in [0, 0.05) is 25.2 Å². The van der Waals surface area contributed by atoms with E-state index in [9.17, 15) is 5.11 Å². The molecule has 0 amide bonds. The SMILES string of the molecule is CC[C@@H](O)CN(Cc1ccccc1)Cc1ccccc1OC. The first-order chi connectivity index (χ1) is 10.7. The van der Waals surface area contributed by atoms with Gasteiger partial charge in [-0.2, -0.15) is 0 Å². The molecule has 0 bridgehead atoms. The molecular weight excluding hydrogens is 274 g/mol. The molecule has 0 aliphatic heterocycles. The second kappa shape index (κ2) is 8.57. The summed E-state index contributed by atoms with van der Waals surface area (Å²) in [6.07, 6.45) is 0.454. The number of hydrogen-bond donors (Lipinski definition) is 1. The third-order valence-corrected chi connectivity index (χ3v) is 3.78. The maximum absolute atomic E-state index is 10.0. The van der Waals surface area contributed by atoms with E-state index in [1.54, 1.807) is 7.11 Å². The first-order valence-corrected chi connectivity index (χ1v) is 7.79. The Hall–Kier alpha value is -1.84. The summed E-state index contributed by atoms with van der Waals surface area (Å²) in [6.45, 7) is 4.24. The van der Waals surface area contributed by atoms with Gasteiger partial charge in [0.25, 0.3) is 0 Å². The van der Waals surface area contributed by atoms with Gasteiger partial charge in [0.2, 0.25) is 0 Å². The predicted octanol–water partition coefficient (Wildman–Crippen LogP) is 3.47. The molecule has 0 aromatic heterocycles. The molecule has 118 valence electrons. The van der Waals surface area contributed by atoms with Gasteiger partial charge >= 0.3 is 0 Å². The van der Waals surface area contributed by atoms with Gasteiger partial charge in [0.15, 0.2) is 0 Å². The molecule has 0 unspecified atom stereocenters. The third kappa shape index (κ3) is 4.86. The Kier molecular flexibility index (Phi) is 6.44. The smallest absolute Gasteiger partial charge is 0.123 e. The maximum atomic E-state index is 10.0. The summed E-state index contributed by atoms with van der Waals surface area (Å²) in [6, 6.07) is 18.4. The molecule has 3 nitrogen and oxygen atoms in total. The fourth-order valence-electron chi connectivity index (χ4n) is 2.53. The van der Waals surface area contributed by atoms with Crippen LogP contribution in [0.4, 0.5) is 0 Å². The van der Waals surface area contributed by atoms with E-state index in [1.807, 2.05) is 43.3 Å². The Morgan fingerprint density at radius 2 is 1.68 bits per heavy atom. The number of rotatable bonds is 8. The minimum absolute atomic E-state index is 0.307. The zero-order valence-corrected chi connectivity index (χ0v) is 13.4. The number of aliphatic hydroxyl groups excluding tert-OH is 1. The highest BCUT2D eigenvalue weighted by Crippen LogP contribution is 2.20. The lowest BCUT2D eigenvalue weighted by Crippen LogP contribution is -2.31. The second-order valence-electron chi connectivity index (χ2n) is 5.53. The van der Waals surface area contributed by atoms with Crippen LogP contribution in [0.25, 0.3) is 0 Å². The Morgan fingerprint density at radius 3 is 2.36 bits per heavy atom. The summed E-state index contributed by atoms with van der Waals surface area (Å²) in [7, 11) is 1.70. The van der Waals surface area contributed by atoms with Crippen LogP contribution in [0.2, 0.25) is 0 Å². The number of para-hydroxylation sites is 1. The van der Waals surface area contributed by atoms with Crippen molar-refractivity contribution < 1.29 is 9.84 Å². The second-order valence-corrected chi connectivity index (χ2v) is 5.53. The molecule has 2 rings (SSSR count). The fraction of sp³-hybridized carbons (Fsp3) is 0.368. The van der Waals surface area contributed by atoms with Crippen molar-refractivity contribution in [1.29, 1.82) is 0 Å². The molecule has 0 aliphatic carbocycles. The molecule has 0 fully saturated rings. The Bertz CT molecular complexity index is 556. The van der Waals surface area contributed by atoms with Gasteiger partial charge < -0.3 is 9.84 Å². The van der Waals surface area contributed by atoms with Gasteiger partial charge in [-0.15, -0.1) is 0 Å². The van der Waals surface area contributed by atoms with Gasteiger partial charge in [-0.05, 0) is 18.1 Å². The summed E-state index contributed by atoms with van der Waals surface area (Å²) < 4.78 is 5.44. The summed E-state index contributed by atoms with van der Waals surface area (Å²) in [4.78, 5) is 2.27. The summed E-state index contributed by atoms with van der Waals surface area (Å²) in [5.74, 6) is 0.895. The van der Waals surface area contributed by atoms with Gasteiger partial charge in [-0.1, -0.05) is 55.5 Å². The number of benzene rings is 2. The molecule has 3 heteroatoms. The van der Waals surface area contributed by atoms with Crippen LogP contribution in [-0.2, 0) is 13.1 Å². The maximum Gasteiger partial charge on any atom is 0.123 e. The summed E-state index contributed by atoms with van der Waals surface area (Å²) >= 11 is 0. The van der Waals surface area contributed by atoms with Crippen LogP contribution < -0.4 is 4.74 Å². The van der Waals surface area contributed by atoms with E-state index in [-0.39, 0.29) is 6.10 Å². The van der Waals surface area contributed by atoms with Crippen molar-refractivity contribution in [2.75, 3.05) is 13.7 Å². The molecule has 0 heterocycles. The van der Waals surface area contributed by atoms with E-state index in [1.165, 1.54) is 5.56 Å². The fourth-order valence-corrected chi connectivity index (χ4v) is 2.53. The molecule has 0 spiro atoms. The van der Waals surface area contributed by atoms with Crippen LogP contribution in [0.3, 0.4) is 0 Å². The van der Waals surface area contributed by atoms with E-state index in [2.05, 4.69) is 23.1 Å². The lowest BCUT2D eigenvalue weighted by molar-refractivity contribution is 0.101. The minimum Gasteiger partial charge on any atom is -0.496 e. The van der Waals surface area contributed by atoms with Gasteiger partial charge in [0.1, 0.15) is 5.75 Å². The predicted molar refractivity (Wildman–Crippen MR) is 89.8 cm³/mol. The minimum atomic E-state index is -0.307. The van der Waals surface area contributed by atoms with Crippen LogP contribution >= 0.6 is 0 Å². The lowest BCUT2D eigenvalue weighted by Gasteiger charge is -2.25. The Balaban J connectivity index is 2.13. The van der Waals surface area contributed by atoms with Crippen LogP contribution in [-0.4, -0.2) is 29.8 Å². The van der Waals surface area contributed by atoms with E-state index >= 15 is 0 Å². The zero-order chi connectivity index (χ0) is 15.8. The standard InChI is InChI=1S/C19H25NO2/c1-3-18(21)15-20(13-16-9-5-4-6-10-16)14-17-11-7-8-12-19(17)22-2/h4-12,18,21H,3,13-15H2,1-2H3/t18-/m1/s1. The molecule has 2 aromatic rings. The Morgan fingerprint density at radius 1 is 1.00 bits per heavy atom. The first kappa shape index (κ1) is 16.5. The largest absolute Gasteiger partial charge is 0.496 e. The van der Waals surface area contributed by atoms with Crippen molar-refractivity contribution in [2.24, 2.45) is 0 Å². The molecule has 22 heavy (non-hydrogen) atoms. The van der Waals surface area contributed by atoms with Crippen molar-refractivity contribution in [1.82, 2.24) is 4.90 Å². The van der Waals surface area contributed by atoms with Crippen LogP contribution in [0.5, 0.6) is 5.75 Å². The van der Waals surface area contributed by atoms with Crippen molar-refractivity contribution >= 4 is 0 Å². The molecule has 0 radical (unpaired) electrons. The van der Waals surface area contributed by atoms with E-state index < -0.39 is 0 Å². The number of nitrogens with zero attached hydrogens (tertiary/aromatic N) is 1. The highest BCUT2D eigenvalue weighted by atomic mass is 16.5. The monoisotopic (exact) mass is 299 g/mol. The number of methoxy groups -OCH3 is 1. The van der Waals surface area contributed by atoms with Crippen molar-refractivity contribution in [3.8, 4) is 5.75 Å². The summed E-state index contributed by atoms with van der Waals surface area (Å²) in [5, 5.41) is 10.0. The molecule has 0 saturated carbocycles. The average Bonchev–Trinajstić information content (AvgIpc) is 2.56. The van der Waals surface area contributed by atoms with Crippen LogP contribution in [0, 0.1) is 0 Å². The molecular formula is C19H25NO2. The molecule has 1 atom stereocenters. The highest BCUT2D eigenvalue weighted by molar-refractivity contribution is 5.33. The topological polar surface area (TPSA) is 32.7 Å². The molecule has 1 N–H and O–H groups in total. The first-order valence-electron chi connectivity index (χ1n) is 7.79.